The number of rotatable bonds is 6. The third-order valence-corrected chi connectivity index (χ3v) is 5.05. The van der Waals surface area contributed by atoms with Gasteiger partial charge in [0.15, 0.2) is 0 Å². The molecule has 1 aliphatic rings. The van der Waals surface area contributed by atoms with E-state index in [1.54, 1.807) is 24.3 Å². The molecule has 1 fully saturated rings. The van der Waals surface area contributed by atoms with Gasteiger partial charge in [-0.25, -0.2) is 9.59 Å². The summed E-state index contributed by atoms with van der Waals surface area (Å²) < 4.78 is 11.2. The van der Waals surface area contributed by atoms with Crippen LogP contribution in [0.15, 0.2) is 48.5 Å². The van der Waals surface area contributed by atoms with Crippen molar-refractivity contribution in [3.05, 3.63) is 59.7 Å². The summed E-state index contributed by atoms with van der Waals surface area (Å²) in [4.78, 5) is 24.1. The number of carbonyl (C=O) groups is 2. The minimum absolute atomic E-state index is 0.108. The fraction of sp³-hybridized carbons (Fsp3) is 0.417. The molecule has 6 nitrogen and oxygen atoms in total. The molecule has 0 radical (unpaired) electrons. The van der Waals surface area contributed by atoms with E-state index in [0.29, 0.717) is 5.56 Å². The van der Waals surface area contributed by atoms with E-state index in [-0.39, 0.29) is 30.3 Å². The van der Waals surface area contributed by atoms with Crippen molar-refractivity contribution in [2.24, 2.45) is 0 Å². The molecule has 0 saturated heterocycles. The molecule has 6 heteroatoms. The largest absolute Gasteiger partial charge is 0.490 e. The molecule has 2 aromatic rings. The van der Waals surface area contributed by atoms with Crippen LogP contribution in [0.4, 0.5) is 10.5 Å². The molecule has 1 aliphatic carbocycles. The second kappa shape index (κ2) is 10.1. The summed E-state index contributed by atoms with van der Waals surface area (Å²) in [7, 11) is 0. The molecule has 2 aromatic carbocycles. The van der Waals surface area contributed by atoms with Gasteiger partial charge < -0.3 is 20.1 Å². The first-order chi connectivity index (χ1) is 14.4. The van der Waals surface area contributed by atoms with Gasteiger partial charge >= 0.3 is 12.0 Å². The predicted octanol–water partition coefficient (Wildman–Crippen LogP) is 5.07. The van der Waals surface area contributed by atoms with Gasteiger partial charge in [-0.3, -0.25) is 0 Å². The van der Waals surface area contributed by atoms with Crippen molar-refractivity contribution in [1.29, 1.82) is 0 Å². The van der Waals surface area contributed by atoms with Crippen LogP contribution in [0, 0.1) is 6.92 Å². The predicted molar refractivity (Wildman–Crippen MR) is 117 cm³/mol. The number of anilines is 1. The van der Waals surface area contributed by atoms with E-state index in [1.165, 1.54) is 0 Å². The lowest BCUT2D eigenvalue weighted by Crippen LogP contribution is -2.41. The Morgan fingerprint density at radius 3 is 2.17 bits per heavy atom. The number of carbonyl (C=O) groups excluding carboxylic acids is 2. The molecule has 0 unspecified atom stereocenters. The second-order valence-electron chi connectivity index (χ2n) is 8.03. The molecule has 0 aromatic heterocycles. The van der Waals surface area contributed by atoms with Gasteiger partial charge in [0.2, 0.25) is 0 Å². The fourth-order valence-corrected chi connectivity index (χ4v) is 3.46. The third kappa shape index (κ3) is 6.51. The number of hydrogen-bond acceptors (Lipinski definition) is 4. The van der Waals surface area contributed by atoms with Gasteiger partial charge in [-0.1, -0.05) is 17.7 Å². The van der Waals surface area contributed by atoms with Gasteiger partial charge in [0.05, 0.1) is 17.8 Å². The Morgan fingerprint density at radius 2 is 1.57 bits per heavy atom. The Kier molecular flexibility index (Phi) is 7.33. The lowest BCUT2D eigenvalue weighted by atomic mass is 9.93. The molecular formula is C24H30N2O4. The van der Waals surface area contributed by atoms with Crippen LogP contribution in [-0.4, -0.2) is 30.3 Å². The number of benzene rings is 2. The van der Waals surface area contributed by atoms with E-state index in [0.717, 1.165) is 42.7 Å². The van der Waals surface area contributed by atoms with Gasteiger partial charge in [-0.15, -0.1) is 0 Å². The Bertz CT molecular complexity index is 839. The highest BCUT2D eigenvalue weighted by atomic mass is 16.5. The van der Waals surface area contributed by atoms with Crippen molar-refractivity contribution < 1.29 is 19.1 Å². The minimum Gasteiger partial charge on any atom is -0.490 e. The van der Waals surface area contributed by atoms with Gasteiger partial charge in [-0.2, -0.15) is 0 Å². The highest BCUT2D eigenvalue weighted by Crippen LogP contribution is 2.24. The van der Waals surface area contributed by atoms with Crippen LogP contribution < -0.4 is 15.4 Å². The Labute approximate surface area is 178 Å². The maximum Gasteiger partial charge on any atom is 0.338 e. The zero-order valence-corrected chi connectivity index (χ0v) is 17.8. The summed E-state index contributed by atoms with van der Waals surface area (Å²) in [6.07, 6.45) is 3.43. The Morgan fingerprint density at radius 1 is 0.933 bits per heavy atom. The lowest BCUT2D eigenvalue weighted by molar-refractivity contribution is 0.0378. The average Bonchev–Trinajstić information content (AvgIpc) is 2.71. The van der Waals surface area contributed by atoms with Crippen molar-refractivity contribution in [2.45, 2.75) is 64.7 Å². The van der Waals surface area contributed by atoms with Crippen molar-refractivity contribution in [1.82, 2.24) is 5.32 Å². The van der Waals surface area contributed by atoms with Crippen LogP contribution >= 0.6 is 0 Å². The topological polar surface area (TPSA) is 76.7 Å². The summed E-state index contributed by atoms with van der Waals surface area (Å²) in [6.45, 7) is 5.67. The normalized spacial score (nSPS) is 18.5. The molecule has 0 aliphatic heterocycles. The number of hydrogen-bond donors (Lipinski definition) is 2. The van der Waals surface area contributed by atoms with Crippen LogP contribution in [0.1, 0.15) is 55.5 Å². The van der Waals surface area contributed by atoms with E-state index >= 15 is 0 Å². The van der Waals surface area contributed by atoms with E-state index in [4.69, 9.17) is 9.47 Å². The van der Waals surface area contributed by atoms with E-state index in [1.807, 2.05) is 45.0 Å². The zero-order chi connectivity index (χ0) is 21.5. The number of amides is 2. The number of urea groups is 1. The molecule has 0 bridgehead atoms. The van der Waals surface area contributed by atoms with Gasteiger partial charge in [0.1, 0.15) is 5.75 Å². The number of ether oxygens (including phenoxy) is 2. The highest BCUT2D eigenvalue weighted by Gasteiger charge is 2.23. The number of nitrogens with one attached hydrogen (secondary N) is 2. The van der Waals surface area contributed by atoms with Gasteiger partial charge in [-0.05, 0) is 82.9 Å². The van der Waals surface area contributed by atoms with Gasteiger partial charge in [0.25, 0.3) is 0 Å². The molecule has 2 amide bonds. The first kappa shape index (κ1) is 21.7. The quantitative estimate of drug-likeness (QED) is 0.652. The van der Waals surface area contributed by atoms with Crippen molar-refractivity contribution >= 4 is 17.7 Å². The van der Waals surface area contributed by atoms with E-state index in [9.17, 15) is 9.59 Å². The first-order valence-electron chi connectivity index (χ1n) is 10.5. The maximum atomic E-state index is 12.2. The van der Waals surface area contributed by atoms with Gasteiger partial charge in [0, 0.05) is 11.7 Å². The summed E-state index contributed by atoms with van der Waals surface area (Å²) in [5.74, 6) is 0.414. The first-order valence-corrected chi connectivity index (χ1v) is 10.5. The lowest BCUT2D eigenvalue weighted by Gasteiger charge is -2.29. The summed E-state index contributed by atoms with van der Waals surface area (Å²) in [5, 5.41) is 5.92. The molecule has 1 saturated carbocycles. The van der Waals surface area contributed by atoms with Crippen LogP contribution in [0.5, 0.6) is 5.75 Å². The molecule has 160 valence electrons. The third-order valence-electron chi connectivity index (χ3n) is 5.05. The SMILES string of the molecule is Cc1ccc(NC(=O)NC2CCC(Oc3ccc(C(=O)OC(C)C)cc3)CC2)cc1. The zero-order valence-electron chi connectivity index (χ0n) is 17.8. The fourth-order valence-electron chi connectivity index (χ4n) is 3.46. The van der Waals surface area contributed by atoms with Crippen LogP contribution in [-0.2, 0) is 4.74 Å². The summed E-state index contributed by atoms with van der Waals surface area (Å²) >= 11 is 0. The van der Waals surface area contributed by atoms with Crippen LogP contribution in [0.25, 0.3) is 0 Å². The van der Waals surface area contributed by atoms with Crippen LogP contribution in [0.2, 0.25) is 0 Å². The number of aryl methyl sites for hydroxylation is 1. The van der Waals surface area contributed by atoms with Crippen molar-refractivity contribution in [3.63, 3.8) is 0 Å². The number of esters is 1. The Hall–Kier alpha value is -3.02. The summed E-state index contributed by atoms with van der Waals surface area (Å²) in [6, 6.07) is 14.8. The monoisotopic (exact) mass is 410 g/mol. The van der Waals surface area contributed by atoms with E-state index in [2.05, 4.69) is 10.6 Å². The molecule has 30 heavy (non-hydrogen) atoms. The van der Waals surface area contributed by atoms with Crippen molar-refractivity contribution in [2.75, 3.05) is 5.32 Å². The van der Waals surface area contributed by atoms with Crippen LogP contribution in [0.3, 0.4) is 0 Å². The maximum absolute atomic E-state index is 12.2. The summed E-state index contributed by atoms with van der Waals surface area (Å²) in [5.41, 5.74) is 2.46. The standard InChI is InChI=1S/C24H30N2O4/c1-16(2)29-23(27)18-6-12-21(13-7-18)30-22-14-10-20(11-15-22)26-24(28)25-19-8-4-17(3)5-9-19/h4-9,12-13,16,20,22H,10-11,14-15H2,1-3H3,(H2,25,26,28). The molecule has 0 heterocycles. The molecule has 2 N–H and O–H groups in total. The molecule has 0 atom stereocenters. The highest BCUT2D eigenvalue weighted by molar-refractivity contribution is 5.90. The smallest absolute Gasteiger partial charge is 0.338 e. The molecule has 0 spiro atoms. The Balaban J connectivity index is 1.41. The average molecular weight is 411 g/mol. The van der Waals surface area contributed by atoms with Crippen molar-refractivity contribution in [3.8, 4) is 5.75 Å². The van der Waals surface area contributed by atoms with E-state index < -0.39 is 0 Å². The molecule has 3 rings (SSSR count). The minimum atomic E-state index is -0.327. The molecular weight excluding hydrogens is 380 g/mol. The second-order valence-corrected chi connectivity index (χ2v) is 8.03.